The number of benzene rings is 1. The van der Waals surface area contributed by atoms with Gasteiger partial charge >= 0.3 is 0 Å². The molecule has 0 saturated carbocycles. The van der Waals surface area contributed by atoms with Gasteiger partial charge in [0, 0.05) is 42.6 Å². The lowest BCUT2D eigenvalue weighted by molar-refractivity contribution is 0.0364. The summed E-state index contributed by atoms with van der Waals surface area (Å²) < 4.78 is 0. The molecule has 0 radical (unpaired) electrons. The average Bonchev–Trinajstić information content (AvgIpc) is 2.75. The second-order valence-electron chi connectivity index (χ2n) is 7.70. The Morgan fingerprint density at radius 1 is 1.17 bits per heavy atom. The van der Waals surface area contributed by atoms with E-state index in [1.807, 2.05) is 56.3 Å². The van der Waals surface area contributed by atoms with Gasteiger partial charge in [-0.25, -0.2) is 4.98 Å². The molecule has 2 atom stereocenters. The molecule has 154 valence electrons. The molecule has 1 saturated heterocycles. The van der Waals surface area contributed by atoms with Crippen molar-refractivity contribution in [3.8, 4) is 0 Å². The summed E-state index contributed by atoms with van der Waals surface area (Å²) in [6, 6.07) is 13.7. The molecule has 2 N–H and O–H groups in total. The number of pyridine rings is 1. The Kier molecular flexibility index (Phi) is 5.46. The Morgan fingerprint density at radius 2 is 1.90 bits per heavy atom. The maximum atomic E-state index is 12.9. The van der Waals surface area contributed by atoms with Crippen LogP contribution in [0.3, 0.4) is 0 Å². The summed E-state index contributed by atoms with van der Waals surface area (Å²) in [5.74, 6) is -0.352. The molecule has 3 heterocycles. The highest BCUT2D eigenvalue weighted by molar-refractivity contribution is 5.92. The lowest BCUT2D eigenvalue weighted by Gasteiger charge is -2.47. The first kappa shape index (κ1) is 20.0. The summed E-state index contributed by atoms with van der Waals surface area (Å²) in [7, 11) is 0. The molecule has 0 spiro atoms. The van der Waals surface area contributed by atoms with Gasteiger partial charge < -0.3 is 15.3 Å². The van der Waals surface area contributed by atoms with Crippen LogP contribution in [-0.2, 0) is 5.54 Å². The number of hydrogen-bond donors (Lipinski definition) is 2. The van der Waals surface area contributed by atoms with Gasteiger partial charge in [-0.3, -0.25) is 14.8 Å². The van der Waals surface area contributed by atoms with Crippen LogP contribution < -0.4 is 10.2 Å². The van der Waals surface area contributed by atoms with E-state index >= 15 is 0 Å². The third-order valence-electron chi connectivity index (χ3n) is 5.59. The van der Waals surface area contributed by atoms with Crippen molar-refractivity contribution < 1.29 is 9.90 Å². The number of carbonyl (C=O) groups is 1. The number of aliphatic hydroxyl groups is 1. The van der Waals surface area contributed by atoms with Gasteiger partial charge in [-0.15, -0.1) is 0 Å². The molecule has 2 aromatic heterocycles. The van der Waals surface area contributed by atoms with E-state index in [9.17, 15) is 9.90 Å². The number of aryl methyl sites for hydroxylation is 2. The second kappa shape index (κ2) is 8.20. The van der Waals surface area contributed by atoms with Crippen LogP contribution in [0.25, 0.3) is 0 Å². The van der Waals surface area contributed by atoms with E-state index in [1.54, 1.807) is 0 Å². The van der Waals surface area contributed by atoms with Gasteiger partial charge in [-0.05, 0) is 38.0 Å². The van der Waals surface area contributed by atoms with Crippen LogP contribution in [0.5, 0.6) is 0 Å². The van der Waals surface area contributed by atoms with Gasteiger partial charge in [0.15, 0.2) is 0 Å². The molecule has 1 fully saturated rings. The van der Waals surface area contributed by atoms with Gasteiger partial charge in [0.25, 0.3) is 5.91 Å². The zero-order chi connectivity index (χ0) is 21.1. The fourth-order valence-electron chi connectivity index (χ4n) is 4.14. The number of nitrogens with one attached hydrogen (secondary N) is 1. The van der Waals surface area contributed by atoms with Crippen LogP contribution in [0.1, 0.15) is 33.9 Å². The fourth-order valence-corrected chi connectivity index (χ4v) is 4.14. The number of nitrogens with zero attached hydrogens (tertiary/aromatic N) is 4. The third-order valence-corrected chi connectivity index (χ3v) is 5.59. The maximum absolute atomic E-state index is 12.9. The van der Waals surface area contributed by atoms with Crippen molar-refractivity contribution in [2.75, 3.05) is 18.0 Å². The van der Waals surface area contributed by atoms with Crippen molar-refractivity contribution in [3.05, 3.63) is 83.7 Å². The van der Waals surface area contributed by atoms with Crippen LogP contribution in [-0.4, -0.2) is 45.2 Å². The molecule has 1 aliphatic rings. The molecule has 4 rings (SSSR count). The molecular weight excluding hydrogens is 378 g/mol. The minimum atomic E-state index is -0.913. The van der Waals surface area contributed by atoms with E-state index in [0.29, 0.717) is 19.5 Å². The molecule has 1 amide bonds. The summed E-state index contributed by atoms with van der Waals surface area (Å²) in [6.45, 7) is 4.99. The third kappa shape index (κ3) is 3.89. The summed E-state index contributed by atoms with van der Waals surface area (Å²) in [5, 5.41) is 14.4. The van der Waals surface area contributed by atoms with Crippen molar-refractivity contribution in [2.45, 2.75) is 31.9 Å². The van der Waals surface area contributed by atoms with Crippen LogP contribution >= 0.6 is 0 Å². The van der Waals surface area contributed by atoms with E-state index in [2.05, 4.69) is 25.2 Å². The van der Waals surface area contributed by atoms with Gasteiger partial charge in [-0.1, -0.05) is 30.3 Å². The van der Waals surface area contributed by atoms with E-state index in [0.717, 1.165) is 22.6 Å². The highest BCUT2D eigenvalue weighted by atomic mass is 16.3. The molecule has 3 aromatic rings. The highest BCUT2D eigenvalue weighted by Crippen LogP contribution is 2.35. The largest absolute Gasteiger partial charge is 0.388 e. The molecule has 30 heavy (non-hydrogen) atoms. The molecule has 1 aliphatic heterocycles. The van der Waals surface area contributed by atoms with Crippen molar-refractivity contribution in [3.63, 3.8) is 0 Å². The first-order valence-corrected chi connectivity index (χ1v) is 10.0. The number of amides is 1. The van der Waals surface area contributed by atoms with Crippen LogP contribution in [0, 0.1) is 13.8 Å². The highest BCUT2D eigenvalue weighted by Gasteiger charge is 2.45. The monoisotopic (exact) mass is 403 g/mol. The molecule has 1 aromatic carbocycles. The summed E-state index contributed by atoms with van der Waals surface area (Å²) >= 11 is 0. The summed E-state index contributed by atoms with van der Waals surface area (Å²) in [6.07, 6.45) is 4.17. The number of β-amino-alcohol motifs (C(OH)–C–C–N with tert-alkyl or cyclic N) is 1. The van der Waals surface area contributed by atoms with Crippen LogP contribution in [0.4, 0.5) is 5.69 Å². The van der Waals surface area contributed by atoms with Crippen LogP contribution in [0.2, 0.25) is 0 Å². The normalized spacial score (nSPS) is 21.3. The number of piperidine rings is 1. The molecule has 0 unspecified atom stereocenters. The minimum absolute atomic E-state index is 0.225. The number of rotatable bonds is 4. The maximum Gasteiger partial charge on any atom is 0.272 e. The quantitative estimate of drug-likeness (QED) is 0.695. The fraction of sp³-hybridized carbons (Fsp3) is 0.304. The number of anilines is 1. The van der Waals surface area contributed by atoms with E-state index in [1.165, 1.54) is 18.6 Å². The zero-order valence-corrected chi connectivity index (χ0v) is 17.1. The van der Waals surface area contributed by atoms with Gasteiger partial charge in [0.2, 0.25) is 0 Å². The van der Waals surface area contributed by atoms with E-state index in [4.69, 9.17) is 0 Å². The van der Waals surface area contributed by atoms with Gasteiger partial charge in [0.1, 0.15) is 5.69 Å². The Morgan fingerprint density at radius 3 is 2.53 bits per heavy atom. The topological polar surface area (TPSA) is 91.2 Å². The van der Waals surface area contributed by atoms with Crippen molar-refractivity contribution >= 4 is 11.6 Å². The zero-order valence-electron chi connectivity index (χ0n) is 17.1. The van der Waals surface area contributed by atoms with E-state index in [-0.39, 0.29) is 11.6 Å². The molecule has 7 heteroatoms. The van der Waals surface area contributed by atoms with Gasteiger partial charge in [0.05, 0.1) is 17.8 Å². The number of aliphatic hydroxyl groups excluding tert-OH is 1. The first-order valence-electron chi connectivity index (χ1n) is 10.0. The molecular formula is C23H25N5O2. The molecule has 0 bridgehead atoms. The van der Waals surface area contributed by atoms with Crippen molar-refractivity contribution in [1.29, 1.82) is 0 Å². The Bertz CT molecular complexity index is 1010. The van der Waals surface area contributed by atoms with Crippen molar-refractivity contribution in [1.82, 2.24) is 20.3 Å². The van der Waals surface area contributed by atoms with E-state index < -0.39 is 11.6 Å². The standard InChI is InChI=1S/C23H25N5O2/c1-16-12-19(13-17(2)26-16)28-11-8-23(21(29)15-28,18-6-4-3-5-7-18)27-22(30)20-14-24-9-10-25-20/h3-7,9-10,12-14,21,29H,8,11,15H2,1-2H3,(H,27,30)/t21-,23-/m1/s1. The minimum Gasteiger partial charge on any atom is -0.388 e. The number of hydrogen-bond acceptors (Lipinski definition) is 6. The smallest absolute Gasteiger partial charge is 0.272 e. The lowest BCUT2D eigenvalue weighted by Crippen LogP contribution is -2.62. The predicted octanol–water partition coefficient (Wildman–Crippen LogP) is 2.38. The SMILES string of the molecule is Cc1cc(N2CC[C@@](NC(=O)c3cnccn3)(c3ccccc3)[C@H](O)C2)cc(C)n1. The number of carbonyl (C=O) groups excluding carboxylic acids is 1. The van der Waals surface area contributed by atoms with Gasteiger partial charge in [-0.2, -0.15) is 0 Å². The molecule has 0 aliphatic carbocycles. The summed E-state index contributed by atoms with van der Waals surface area (Å²) in [4.78, 5) is 27.6. The average molecular weight is 403 g/mol. The lowest BCUT2D eigenvalue weighted by atomic mass is 9.78. The Hall–Kier alpha value is -3.32. The number of aromatic nitrogens is 3. The Labute approximate surface area is 175 Å². The summed E-state index contributed by atoms with van der Waals surface area (Å²) in [5.41, 5.74) is 3.09. The predicted molar refractivity (Wildman–Crippen MR) is 114 cm³/mol. The van der Waals surface area contributed by atoms with Crippen LogP contribution in [0.15, 0.2) is 61.1 Å². The Balaban J connectivity index is 1.65. The first-order chi connectivity index (χ1) is 14.5. The second-order valence-corrected chi connectivity index (χ2v) is 7.70. The molecule has 7 nitrogen and oxygen atoms in total. The van der Waals surface area contributed by atoms with Crippen molar-refractivity contribution in [2.24, 2.45) is 0 Å².